The highest BCUT2D eigenvalue weighted by Gasteiger charge is 2.14. The molecule has 19 heavy (non-hydrogen) atoms. The largest absolute Gasteiger partial charge is 0.497 e. The van der Waals surface area contributed by atoms with E-state index in [2.05, 4.69) is 31.3 Å². The fraction of sp³-hybridized carbons (Fsp3) is 0.375. The molecular weight excluding hydrogens is 238 g/mol. The Labute approximate surface area is 114 Å². The molecule has 1 aromatic carbocycles. The smallest absolute Gasteiger partial charge is 0.120 e. The summed E-state index contributed by atoms with van der Waals surface area (Å²) in [6.07, 6.45) is 0. The zero-order chi connectivity index (χ0) is 13.8. The fourth-order valence-corrected chi connectivity index (χ4v) is 2.15. The number of rotatable bonds is 5. The summed E-state index contributed by atoms with van der Waals surface area (Å²) >= 11 is 0. The van der Waals surface area contributed by atoms with Crippen molar-refractivity contribution in [3.63, 3.8) is 0 Å². The van der Waals surface area contributed by atoms with E-state index in [0.717, 1.165) is 17.3 Å². The second-order valence-corrected chi connectivity index (χ2v) is 4.84. The van der Waals surface area contributed by atoms with E-state index in [0.29, 0.717) is 0 Å². The molecule has 0 fully saturated rings. The van der Waals surface area contributed by atoms with E-state index in [1.807, 2.05) is 31.2 Å². The predicted molar refractivity (Wildman–Crippen MR) is 76.4 cm³/mol. The average Bonchev–Trinajstić information content (AvgIpc) is 2.85. The number of methoxy groups -OCH3 is 1. The van der Waals surface area contributed by atoms with Gasteiger partial charge < -0.3 is 14.5 Å². The second-order valence-electron chi connectivity index (χ2n) is 4.84. The van der Waals surface area contributed by atoms with E-state index in [9.17, 15) is 0 Å². The molecule has 0 amide bonds. The molecular formula is C16H21NO2. The molecule has 0 aliphatic heterocycles. The van der Waals surface area contributed by atoms with Crippen LogP contribution >= 0.6 is 0 Å². The molecule has 0 spiro atoms. The van der Waals surface area contributed by atoms with Gasteiger partial charge in [0, 0.05) is 6.04 Å². The Kier molecular flexibility index (Phi) is 4.27. The highest BCUT2D eigenvalue weighted by atomic mass is 16.5. The average molecular weight is 259 g/mol. The van der Waals surface area contributed by atoms with Gasteiger partial charge >= 0.3 is 0 Å². The Morgan fingerprint density at radius 2 is 1.89 bits per heavy atom. The molecule has 0 saturated heterocycles. The van der Waals surface area contributed by atoms with Crippen LogP contribution in [0.25, 0.3) is 0 Å². The quantitative estimate of drug-likeness (QED) is 0.881. The van der Waals surface area contributed by atoms with Crippen molar-refractivity contribution in [1.29, 1.82) is 0 Å². The first-order valence-electron chi connectivity index (χ1n) is 6.56. The molecule has 1 unspecified atom stereocenters. The monoisotopic (exact) mass is 259 g/mol. The highest BCUT2D eigenvalue weighted by Crippen LogP contribution is 2.23. The van der Waals surface area contributed by atoms with Crippen LogP contribution in [0.1, 0.15) is 43.0 Å². The molecule has 0 radical (unpaired) electrons. The summed E-state index contributed by atoms with van der Waals surface area (Å²) in [6.45, 7) is 6.21. The third-order valence-electron chi connectivity index (χ3n) is 3.28. The first-order chi connectivity index (χ1) is 9.10. The lowest BCUT2D eigenvalue weighted by Crippen LogP contribution is -2.22. The Bertz CT molecular complexity index is 533. The maximum Gasteiger partial charge on any atom is 0.120 e. The maximum atomic E-state index is 5.64. The van der Waals surface area contributed by atoms with Crippen molar-refractivity contribution >= 4 is 0 Å². The van der Waals surface area contributed by atoms with Crippen molar-refractivity contribution in [2.45, 2.75) is 32.9 Å². The maximum absolute atomic E-state index is 5.64. The van der Waals surface area contributed by atoms with E-state index in [4.69, 9.17) is 9.15 Å². The first-order valence-corrected chi connectivity index (χ1v) is 6.56. The van der Waals surface area contributed by atoms with E-state index < -0.39 is 0 Å². The lowest BCUT2D eigenvalue weighted by Gasteiger charge is -2.19. The van der Waals surface area contributed by atoms with Gasteiger partial charge in [0.25, 0.3) is 0 Å². The van der Waals surface area contributed by atoms with E-state index in [-0.39, 0.29) is 12.1 Å². The number of furan rings is 1. The third-order valence-corrected chi connectivity index (χ3v) is 3.28. The van der Waals surface area contributed by atoms with Gasteiger partial charge in [0.15, 0.2) is 0 Å². The topological polar surface area (TPSA) is 34.4 Å². The minimum atomic E-state index is 0.176. The van der Waals surface area contributed by atoms with Crippen molar-refractivity contribution < 1.29 is 9.15 Å². The van der Waals surface area contributed by atoms with Crippen LogP contribution in [0, 0.1) is 6.92 Å². The zero-order valence-corrected chi connectivity index (χ0v) is 11.9. The van der Waals surface area contributed by atoms with Crippen molar-refractivity contribution in [2.24, 2.45) is 0 Å². The van der Waals surface area contributed by atoms with Crippen molar-refractivity contribution in [3.05, 3.63) is 53.5 Å². The number of benzene rings is 1. The number of ether oxygens (including phenoxy) is 1. The molecule has 2 rings (SSSR count). The van der Waals surface area contributed by atoms with Crippen LogP contribution in [0.4, 0.5) is 0 Å². The summed E-state index contributed by atoms with van der Waals surface area (Å²) in [5.41, 5.74) is 1.20. The normalized spacial score (nSPS) is 14.1. The molecule has 0 aliphatic carbocycles. The van der Waals surface area contributed by atoms with E-state index in [1.165, 1.54) is 5.56 Å². The van der Waals surface area contributed by atoms with E-state index >= 15 is 0 Å². The van der Waals surface area contributed by atoms with Crippen LogP contribution in [-0.2, 0) is 0 Å². The highest BCUT2D eigenvalue weighted by molar-refractivity contribution is 5.30. The van der Waals surface area contributed by atoms with Gasteiger partial charge in [-0.3, -0.25) is 0 Å². The summed E-state index contributed by atoms with van der Waals surface area (Å²) in [6, 6.07) is 12.5. The lowest BCUT2D eigenvalue weighted by atomic mass is 10.1. The lowest BCUT2D eigenvalue weighted by molar-refractivity contribution is 0.390. The number of hydrogen-bond acceptors (Lipinski definition) is 3. The van der Waals surface area contributed by atoms with Gasteiger partial charge in [-0.2, -0.15) is 0 Å². The summed E-state index contributed by atoms with van der Waals surface area (Å²) in [5.74, 6) is 2.79. The Hall–Kier alpha value is -1.74. The third kappa shape index (κ3) is 3.38. The van der Waals surface area contributed by atoms with Crippen LogP contribution < -0.4 is 10.1 Å². The molecule has 2 atom stereocenters. The van der Waals surface area contributed by atoms with Crippen molar-refractivity contribution in [2.75, 3.05) is 7.11 Å². The molecule has 3 nitrogen and oxygen atoms in total. The first kappa shape index (κ1) is 13.7. The second kappa shape index (κ2) is 5.93. The zero-order valence-electron chi connectivity index (χ0n) is 11.9. The SMILES string of the molecule is COc1cccc([C@@H](C)NC(C)c2ccc(C)o2)c1. The molecule has 0 bridgehead atoms. The molecule has 1 aromatic heterocycles. The Morgan fingerprint density at radius 1 is 1.11 bits per heavy atom. The summed E-state index contributed by atoms with van der Waals surface area (Å²) in [4.78, 5) is 0. The van der Waals surface area contributed by atoms with Crippen LogP contribution in [-0.4, -0.2) is 7.11 Å². The van der Waals surface area contributed by atoms with Gasteiger partial charge in [-0.05, 0) is 50.6 Å². The van der Waals surface area contributed by atoms with Crippen molar-refractivity contribution in [1.82, 2.24) is 5.32 Å². The van der Waals surface area contributed by atoms with Crippen molar-refractivity contribution in [3.8, 4) is 5.75 Å². The Balaban J connectivity index is 2.05. The van der Waals surface area contributed by atoms with Crippen LogP contribution in [0.15, 0.2) is 40.8 Å². The summed E-state index contributed by atoms with van der Waals surface area (Å²) in [5, 5.41) is 3.53. The van der Waals surface area contributed by atoms with Crippen LogP contribution in [0.2, 0.25) is 0 Å². The van der Waals surface area contributed by atoms with Gasteiger partial charge in [0.1, 0.15) is 17.3 Å². The molecule has 0 aliphatic rings. The standard InChI is InChI=1S/C16H21NO2/c1-11-8-9-16(19-11)13(3)17-12(2)14-6-5-7-15(10-14)18-4/h5-10,12-13,17H,1-4H3/t12-,13?/m1/s1. The fourth-order valence-electron chi connectivity index (χ4n) is 2.15. The minimum Gasteiger partial charge on any atom is -0.497 e. The van der Waals surface area contributed by atoms with Gasteiger partial charge in [-0.1, -0.05) is 12.1 Å². The van der Waals surface area contributed by atoms with Gasteiger partial charge in [-0.15, -0.1) is 0 Å². The number of hydrogen-bond donors (Lipinski definition) is 1. The Morgan fingerprint density at radius 3 is 2.53 bits per heavy atom. The molecule has 1 heterocycles. The van der Waals surface area contributed by atoms with Crippen LogP contribution in [0.5, 0.6) is 5.75 Å². The molecule has 1 N–H and O–H groups in total. The summed E-state index contributed by atoms with van der Waals surface area (Å²) in [7, 11) is 1.69. The van der Waals surface area contributed by atoms with Gasteiger partial charge in [0.05, 0.1) is 13.2 Å². The molecule has 2 aromatic rings. The van der Waals surface area contributed by atoms with Gasteiger partial charge in [-0.25, -0.2) is 0 Å². The van der Waals surface area contributed by atoms with E-state index in [1.54, 1.807) is 7.11 Å². The molecule has 3 heteroatoms. The number of nitrogens with one attached hydrogen (secondary N) is 1. The van der Waals surface area contributed by atoms with Crippen LogP contribution in [0.3, 0.4) is 0 Å². The number of aryl methyl sites for hydroxylation is 1. The summed E-state index contributed by atoms with van der Waals surface area (Å²) < 4.78 is 10.9. The molecule has 0 saturated carbocycles. The van der Waals surface area contributed by atoms with Gasteiger partial charge in [0.2, 0.25) is 0 Å². The molecule has 102 valence electrons. The predicted octanol–water partition coefficient (Wildman–Crippen LogP) is 4.01. The minimum absolute atomic E-state index is 0.176.